The number of anilines is 1. The molecule has 5 rings (SSSR count). The molecule has 0 saturated carbocycles. The van der Waals surface area contributed by atoms with Gasteiger partial charge in [0.25, 0.3) is 0 Å². The van der Waals surface area contributed by atoms with Gasteiger partial charge in [0.15, 0.2) is 17.1 Å². The third-order valence-electron chi connectivity index (χ3n) is 10.1. The lowest BCUT2D eigenvalue weighted by Gasteiger charge is -2.06. The molecule has 26 nitrogen and oxygen atoms in total. The van der Waals surface area contributed by atoms with Crippen LogP contribution in [0.3, 0.4) is 0 Å². The van der Waals surface area contributed by atoms with Gasteiger partial charge in [-0.3, -0.25) is 20.2 Å². The van der Waals surface area contributed by atoms with E-state index in [0.717, 1.165) is 41.3 Å². The zero-order valence-corrected chi connectivity index (χ0v) is 54.5. The van der Waals surface area contributed by atoms with Crippen LogP contribution in [0.2, 0.25) is 0 Å². The molecular formula is C62H91ClN8O18. The van der Waals surface area contributed by atoms with Crippen molar-refractivity contribution in [2.45, 2.75) is 128 Å². The predicted octanol–water partition coefficient (Wildman–Crippen LogP) is 8.63. The molecule has 27 heteroatoms. The Bertz CT molecular complexity index is 2810. The Kier molecular flexibility index (Phi) is 54.0. The topological polar surface area (TPSA) is 357 Å². The number of ketones is 4. The summed E-state index contributed by atoms with van der Waals surface area (Å²) in [6.07, 6.45) is 2.51. The van der Waals surface area contributed by atoms with Crippen LogP contribution in [0.5, 0.6) is 0 Å². The van der Waals surface area contributed by atoms with Crippen LogP contribution in [0.25, 0.3) is 11.4 Å². The highest BCUT2D eigenvalue weighted by Crippen LogP contribution is 2.16. The van der Waals surface area contributed by atoms with Crippen LogP contribution in [0.1, 0.15) is 148 Å². The number of hydrogen-bond donors (Lipinski definition) is 3. The van der Waals surface area contributed by atoms with Gasteiger partial charge < -0.3 is 48.3 Å². The van der Waals surface area contributed by atoms with E-state index in [1.165, 1.54) is 14.2 Å². The molecule has 0 saturated heterocycles. The number of rotatable bonds is 23. The lowest BCUT2D eigenvalue weighted by atomic mass is 10.1. The number of nitrogens with two attached hydrogens (primary N) is 2. The maximum absolute atomic E-state index is 11.9. The summed E-state index contributed by atoms with van der Waals surface area (Å²) < 4.78 is 31.2. The van der Waals surface area contributed by atoms with Crippen molar-refractivity contribution in [3.8, 4) is 11.4 Å². The predicted molar refractivity (Wildman–Crippen MR) is 337 cm³/mol. The summed E-state index contributed by atoms with van der Waals surface area (Å²) in [7, 11) is 2.72. The van der Waals surface area contributed by atoms with Crippen LogP contribution < -0.4 is 17.2 Å². The number of nitrogens with one attached hydrogen (secondary N) is 1. The van der Waals surface area contributed by atoms with Crippen LogP contribution in [0.4, 0.5) is 5.69 Å². The molecule has 89 heavy (non-hydrogen) atoms. The molecule has 0 radical (unpaired) electrons. The molecule has 0 fully saturated rings. The quantitative estimate of drug-likeness (QED) is 0.0105. The van der Waals surface area contributed by atoms with Crippen molar-refractivity contribution in [2.24, 2.45) is 16.9 Å². The van der Waals surface area contributed by atoms with Crippen LogP contribution >= 0.6 is 12.4 Å². The van der Waals surface area contributed by atoms with Gasteiger partial charge in [0, 0.05) is 30.6 Å². The molecule has 0 aliphatic heterocycles. The highest BCUT2D eigenvalue weighted by atomic mass is 35.5. The first-order chi connectivity index (χ1) is 42.1. The SMILES string of the molecule is CCC(C)=O.CCOC(=O)C(=O)CC(=O)CC.CCOC(=O)C(=O)OCC.CCOC(=O)C(CC(=O)CC)=NOC.CCOC(=O)c1cc(CC)n(-c2ccccc2)n1.CCOC(=O)c1cc(CC)nn1-c1ccccc1.CON.Cl.NNc1ccccc1. The van der Waals surface area contributed by atoms with Crippen molar-refractivity contribution >= 4 is 82.8 Å². The van der Waals surface area contributed by atoms with Gasteiger partial charge in [0.05, 0.1) is 76.7 Å². The van der Waals surface area contributed by atoms with E-state index in [4.69, 9.17) is 20.1 Å². The molecule has 0 aliphatic carbocycles. The molecule has 2 heterocycles. The third-order valence-corrected chi connectivity index (χ3v) is 10.1. The number of para-hydroxylation sites is 3. The van der Waals surface area contributed by atoms with Crippen LogP contribution in [-0.2, 0) is 89.3 Å². The van der Waals surface area contributed by atoms with E-state index >= 15 is 0 Å². The highest BCUT2D eigenvalue weighted by Gasteiger charge is 2.20. The summed E-state index contributed by atoms with van der Waals surface area (Å²) >= 11 is 0. The first kappa shape index (κ1) is 86.5. The van der Waals surface area contributed by atoms with Crippen LogP contribution in [0.15, 0.2) is 108 Å². The van der Waals surface area contributed by atoms with Crippen molar-refractivity contribution in [3.05, 3.63) is 126 Å². The number of carbonyl (C=O) groups excluding carboxylic acids is 10. The largest absolute Gasteiger partial charge is 0.461 e. The number of aromatic nitrogens is 4. The Morgan fingerprint density at radius 1 is 0.506 bits per heavy atom. The van der Waals surface area contributed by atoms with Crippen molar-refractivity contribution in [2.75, 3.05) is 59.3 Å². The fourth-order valence-electron chi connectivity index (χ4n) is 5.77. The van der Waals surface area contributed by atoms with Crippen LogP contribution in [0, 0.1) is 0 Å². The summed E-state index contributed by atoms with van der Waals surface area (Å²) in [6, 6.07) is 32.5. The number of hydrogen-bond acceptors (Lipinski definition) is 24. The molecular weight excluding hydrogens is 1180 g/mol. The van der Waals surface area contributed by atoms with Crippen molar-refractivity contribution < 1.29 is 86.0 Å². The van der Waals surface area contributed by atoms with E-state index in [0.29, 0.717) is 37.4 Å². The summed E-state index contributed by atoms with van der Waals surface area (Å²) in [5, 5.41) is 12.2. The fourth-order valence-corrected chi connectivity index (χ4v) is 5.77. The van der Waals surface area contributed by atoms with Gasteiger partial charge >= 0.3 is 35.8 Å². The molecule has 0 unspecified atom stereocenters. The Morgan fingerprint density at radius 3 is 1.29 bits per heavy atom. The summed E-state index contributed by atoms with van der Waals surface area (Å²) in [5.74, 6) is 4.54. The fraction of sp³-hybridized carbons (Fsp3) is 0.435. The average Bonchev–Trinajstić information content (AvgIpc) is 2.38. The van der Waals surface area contributed by atoms with Gasteiger partial charge in [-0.25, -0.2) is 44.0 Å². The van der Waals surface area contributed by atoms with E-state index in [2.05, 4.69) is 50.6 Å². The molecule has 5 aromatic rings. The maximum Gasteiger partial charge on any atom is 0.417 e. The molecule has 0 atom stereocenters. The first-order valence-corrected chi connectivity index (χ1v) is 28.3. The van der Waals surface area contributed by atoms with Crippen LogP contribution in [-0.4, -0.2) is 138 Å². The summed E-state index contributed by atoms with van der Waals surface area (Å²) in [5.41, 5.74) is 7.99. The standard InChI is InChI=1S/2C14H16N2O2.C9H15NO4.C8H12O4.C6H8N2.C6H10O4.C4H8O.CH5NO.ClH/c1-3-11-10-13(14(17)18-4-2)15-16(11)12-8-6-5-7-9-12;1-3-11-10-13(14(17)18-4-2)16(15-11)12-8-6-5-7-9-12;1-4-7(11)6-8(10-13-3)9(12)14-5-2;1-3-6(9)5-7(10)8(11)12-4-2;7-8-6-4-2-1-3-5-6;1-3-9-5(7)6(8)10-4-2;1-3-4(2)5;1-3-2;/h2*5-10H,3-4H2,1-2H3;4-6H2,1-3H3;3-5H2,1-2H3;1-5,8H,7H2;3-4H2,1-2H3;3H2,1-2H3;2H2,1H3;1H. The lowest BCUT2D eigenvalue weighted by Crippen LogP contribution is -2.21. The molecule has 0 spiro atoms. The van der Waals surface area contributed by atoms with Gasteiger partial charge in [-0.1, -0.05) is 94.4 Å². The van der Waals surface area contributed by atoms with E-state index in [9.17, 15) is 47.9 Å². The smallest absolute Gasteiger partial charge is 0.417 e. The van der Waals surface area contributed by atoms with Crippen molar-refractivity contribution in [1.82, 2.24) is 19.6 Å². The number of halogens is 1. The second kappa shape index (κ2) is 55.6. The number of Topliss-reactive ketones (excluding diaryl/α,β-unsaturated/α-hetero) is 4. The number of oxime groups is 1. The van der Waals surface area contributed by atoms with E-state index in [-0.39, 0.29) is 93.1 Å². The minimum Gasteiger partial charge on any atom is -0.461 e. The van der Waals surface area contributed by atoms with E-state index < -0.39 is 29.7 Å². The Hall–Kier alpha value is -8.98. The number of nitrogen functional groups attached to an aromatic ring is 1. The zero-order chi connectivity index (χ0) is 67.2. The van der Waals surface area contributed by atoms with Gasteiger partial charge in [-0.2, -0.15) is 10.2 Å². The molecule has 0 aliphatic rings. The molecule has 494 valence electrons. The van der Waals surface area contributed by atoms with Crippen molar-refractivity contribution in [1.29, 1.82) is 0 Å². The van der Waals surface area contributed by atoms with Crippen molar-refractivity contribution in [3.63, 3.8) is 0 Å². The maximum atomic E-state index is 11.9. The number of hydrazine groups is 1. The van der Waals surface area contributed by atoms with E-state index in [1.807, 2.05) is 112 Å². The average molecular weight is 1270 g/mol. The molecule has 2 aromatic heterocycles. The molecule has 0 amide bonds. The monoisotopic (exact) mass is 1270 g/mol. The summed E-state index contributed by atoms with van der Waals surface area (Å²) in [6.45, 7) is 22.5. The second-order valence-corrected chi connectivity index (χ2v) is 16.6. The number of benzene rings is 3. The minimum atomic E-state index is -0.927. The van der Waals surface area contributed by atoms with Gasteiger partial charge in [0.1, 0.15) is 24.5 Å². The normalized spacial score (nSPS) is 9.51. The minimum absolute atomic E-state index is 0. The first-order valence-electron chi connectivity index (χ1n) is 28.3. The van der Waals surface area contributed by atoms with Gasteiger partial charge in [0.2, 0.25) is 5.78 Å². The number of nitrogens with zero attached hydrogens (tertiary/aromatic N) is 5. The lowest BCUT2D eigenvalue weighted by molar-refractivity contribution is -0.167. The molecule has 0 bridgehead atoms. The van der Waals surface area contributed by atoms with Gasteiger partial charge in [-0.05, 0) is 110 Å². The Labute approximate surface area is 527 Å². The zero-order valence-electron chi connectivity index (χ0n) is 53.7. The highest BCUT2D eigenvalue weighted by molar-refractivity contribution is 6.39. The molecule has 3 aromatic carbocycles. The third kappa shape index (κ3) is 40.2. The number of aryl methyl sites for hydroxylation is 2. The molecule has 5 N–H and O–H groups in total. The van der Waals surface area contributed by atoms with E-state index in [1.54, 1.807) is 83.8 Å². The Balaban J connectivity index is -0.000000482. The number of carbonyl (C=O) groups is 10. The second-order valence-electron chi connectivity index (χ2n) is 16.6. The van der Waals surface area contributed by atoms with Gasteiger partial charge in [-0.15, -0.1) is 12.4 Å². The number of ether oxygens (including phenoxy) is 6. The summed E-state index contributed by atoms with van der Waals surface area (Å²) in [4.78, 5) is 117. The Morgan fingerprint density at radius 2 is 0.910 bits per heavy atom. The number of esters is 6.